The fourth-order valence-corrected chi connectivity index (χ4v) is 1.90. The summed E-state index contributed by atoms with van der Waals surface area (Å²) in [6, 6.07) is 0.274. The number of esters is 1. The maximum absolute atomic E-state index is 11.5. The minimum Gasteiger partial charge on any atom is -0.468 e. The highest BCUT2D eigenvalue weighted by molar-refractivity contribution is 5.75. The van der Waals surface area contributed by atoms with Crippen LogP contribution >= 0.6 is 0 Å². The Hall–Kier alpha value is -0.610. The molecule has 0 spiro atoms. The van der Waals surface area contributed by atoms with E-state index in [1.165, 1.54) is 7.11 Å². The number of ether oxygens (including phenoxy) is 1. The summed E-state index contributed by atoms with van der Waals surface area (Å²) in [5.74, 6) is 0.121. The first-order valence-corrected chi connectivity index (χ1v) is 5.69. The molecule has 0 amide bonds. The van der Waals surface area contributed by atoms with Gasteiger partial charge in [-0.25, -0.2) is 0 Å². The van der Waals surface area contributed by atoms with Crippen LogP contribution < -0.4 is 10.6 Å². The van der Waals surface area contributed by atoms with E-state index in [-0.39, 0.29) is 17.9 Å². The van der Waals surface area contributed by atoms with Gasteiger partial charge >= 0.3 is 5.97 Å². The number of carbonyl (C=O) groups is 1. The molecule has 4 nitrogen and oxygen atoms in total. The van der Waals surface area contributed by atoms with Gasteiger partial charge in [-0.2, -0.15) is 0 Å². The monoisotopic (exact) mass is 214 g/mol. The Morgan fingerprint density at radius 3 is 2.47 bits per heavy atom. The van der Waals surface area contributed by atoms with Crippen LogP contribution in [0.5, 0.6) is 0 Å². The summed E-state index contributed by atoms with van der Waals surface area (Å²) in [4.78, 5) is 11.5. The fraction of sp³-hybridized carbons (Fsp3) is 0.909. The molecule has 1 rings (SSSR count). The molecule has 0 saturated carbocycles. The van der Waals surface area contributed by atoms with E-state index < -0.39 is 0 Å². The van der Waals surface area contributed by atoms with E-state index in [4.69, 9.17) is 4.74 Å². The second-order valence-corrected chi connectivity index (χ2v) is 4.44. The summed E-state index contributed by atoms with van der Waals surface area (Å²) in [5, 5.41) is 6.70. The Morgan fingerprint density at radius 2 is 2.00 bits per heavy atom. The van der Waals surface area contributed by atoms with Gasteiger partial charge in [0.15, 0.2) is 0 Å². The lowest BCUT2D eigenvalue weighted by atomic mass is 10.00. The summed E-state index contributed by atoms with van der Waals surface area (Å²) in [6.45, 7) is 6.14. The first kappa shape index (κ1) is 12.5. The molecule has 1 aliphatic heterocycles. The zero-order chi connectivity index (χ0) is 11.3. The molecule has 1 saturated heterocycles. The van der Waals surface area contributed by atoms with E-state index >= 15 is 0 Å². The third kappa shape index (κ3) is 3.80. The molecule has 88 valence electrons. The third-order valence-electron chi connectivity index (χ3n) is 2.88. The molecule has 2 N–H and O–H groups in total. The van der Waals surface area contributed by atoms with Gasteiger partial charge < -0.3 is 15.4 Å². The molecule has 0 aromatic carbocycles. The SMILES string of the molecule is COC(=O)C(NC1CCNCC1)C(C)C. The van der Waals surface area contributed by atoms with Crippen molar-refractivity contribution < 1.29 is 9.53 Å². The summed E-state index contributed by atoms with van der Waals surface area (Å²) >= 11 is 0. The number of rotatable bonds is 4. The molecule has 1 unspecified atom stereocenters. The number of piperidine rings is 1. The summed E-state index contributed by atoms with van der Waals surface area (Å²) in [6.07, 6.45) is 2.17. The molecule has 1 aliphatic rings. The topological polar surface area (TPSA) is 50.4 Å². The van der Waals surface area contributed by atoms with Crippen molar-refractivity contribution in [3.8, 4) is 0 Å². The normalized spacial score (nSPS) is 20.3. The van der Waals surface area contributed by atoms with Gasteiger partial charge in [-0.3, -0.25) is 4.79 Å². The highest BCUT2D eigenvalue weighted by Gasteiger charge is 2.26. The molecule has 0 radical (unpaired) electrons. The van der Waals surface area contributed by atoms with Crippen LogP contribution in [0.15, 0.2) is 0 Å². The number of hydrogen-bond acceptors (Lipinski definition) is 4. The molecular weight excluding hydrogens is 192 g/mol. The van der Waals surface area contributed by atoms with Crippen molar-refractivity contribution >= 4 is 5.97 Å². The predicted molar refractivity (Wildman–Crippen MR) is 59.7 cm³/mol. The molecule has 4 heteroatoms. The number of hydrogen-bond donors (Lipinski definition) is 2. The van der Waals surface area contributed by atoms with Gasteiger partial charge in [0, 0.05) is 6.04 Å². The predicted octanol–water partition coefficient (Wildman–Crippen LogP) is 0.526. The molecule has 1 fully saturated rings. The standard InChI is InChI=1S/C11H22N2O2/c1-8(2)10(11(14)15-3)13-9-4-6-12-7-5-9/h8-10,12-13H,4-7H2,1-3H3. The lowest BCUT2D eigenvalue weighted by Gasteiger charge is -2.29. The van der Waals surface area contributed by atoms with Gasteiger partial charge in [-0.15, -0.1) is 0 Å². The Morgan fingerprint density at radius 1 is 1.40 bits per heavy atom. The van der Waals surface area contributed by atoms with E-state index in [0.717, 1.165) is 25.9 Å². The van der Waals surface area contributed by atoms with Crippen molar-refractivity contribution in [1.82, 2.24) is 10.6 Å². The smallest absolute Gasteiger partial charge is 0.323 e. The van der Waals surface area contributed by atoms with Crippen molar-refractivity contribution in [2.24, 2.45) is 5.92 Å². The van der Waals surface area contributed by atoms with Crippen LogP contribution in [0.1, 0.15) is 26.7 Å². The molecule has 0 aromatic rings. The number of carbonyl (C=O) groups excluding carboxylic acids is 1. The first-order chi connectivity index (χ1) is 7.15. The maximum atomic E-state index is 11.5. The zero-order valence-electron chi connectivity index (χ0n) is 9.88. The summed E-state index contributed by atoms with van der Waals surface area (Å²) in [5.41, 5.74) is 0. The summed E-state index contributed by atoms with van der Waals surface area (Å²) < 4.78 is 4.80. The largest absolute Gasteiger partial charge is 0.468 e. The second-order valence-electron chi connectivity index (χ2n) is 4.44. The molecule has 0 aliphatic carbocycles. The highest BCUT2D eigenvalue weighted by atomic mass is 16.5. The van der Waals surface area contributed by atoms with Crippen LogP contribution in [0.2, 0.25) is 0 Å². The van der Waals surface area contributed by atoms with E-state index in [9.17, 15) is 4.79 Å². The average molecular weight is 214 g/mol. The van der Waals surface area contributed by atoms with Crippen LogP contribution in [0.4, 0.5) is 0 Å². The minimum atomic E-state index is -0.168. The van der Waals surface area contributed by atoms with Gasteiger partial charge in [-0.05, 0) is 31.8 Å². The van der Waals surface area contributed by atoms with Crippen molar-refractivity contribution in [3.05, 3.63) is 0 Å². The number of methoxy groups -OCH3 is 1. The lowest BCUT2D eigenvalue weighted by molar-refractivity contribution is -0.144. The molecular formula is C11H22N2O2. The maximum Gasteiger partial charge on any atom is 0.323 e. The average Bonchev–Trinajstić information content (AvgIpc) is 2.26. The fourth-order valence-electron chi connectivity index (χ4n) is 1.90. The second kappa shape index (κ2) is 6.08. The van der Waals surface area contributed by atoms with E-state index in [0.29, 0.717) is 6.04 Å². The third-order valence-corrected chi connectivity index (χ3v) is 2.88. The van der Waals surface area contributed by atoms with Crippen molar-refractivity contribution in [3.63, 3.8) is 0 Å². The number of nitrogens with one attached hydrogen (secondary N) is 2. The van der Waals surface area contributed by atoms with Gasteiger partial charge in [0.1, 0.15) is 6.04 Å². The van der Waals surface area contributed by atoms with E-state index in [2.05, 4.69) is 10.6 Å². The van der Waals surface area contributed by atoms with Gasteiger partial charge in [0.05, 0.1) is 7.11 Å². The Kier molecular flexibility index (Phi) is 5.05. The lowest BCUT2D eigenvalue weighted by Crippen LogP contribution is -2.50. The van der Waals surface area contributed by atoms with Gasteiger partial charge in [-0.1, -0.05) is 13.8 Å². The van der Waals surface area contributed by atoms with Crippen LogP contribution in [0.25, 0.3) is 0 Å². The quantitative estimate of drug-likeness (QED) is 0.670. The van der Waals surface area contributed by atoms with Crippen molar-refractivity contribution in [2.75, 3.05) is 20.2 Å². The van der Waals surface area contributed by atoms with Crippen molar-refractivity contribution in [1.29, 1.82) is 0 Å². The van der Waals surface area contributed by atoms with Crippen LogP contribution in [-0.4, -0.2) is 38.3 Å². The highest BCUT2D eigenvalue weighted by Crippen LogP contribution is 2.09. The van der Waals surface area contributed by atoms with E-state index in [1.807, 2.05) is 13.8 Å². The molecule has 0 bridgehead atoms. The van der Waals surface area contributed by atoms with Crippen LogP contribution in [0, 0.1) is 5.92 Å². The Bertz CT molecular complexity index is 201. The van der Waals surface area contributed by atoms with Gasteiger partial charge in [0.25, 0.3) is 0 Å². The minimum absolute atomic E-state index is 0.150. The molecule has 0 aromatic heterocycles. The molecule has 1 atom stereocenters. The van der Waals surface area contributed by atoms with Crippen molar-refractivity contribution in [2.45, 2.75) is 38.8 Å². The van der Waals surface area contributed by atoms with Crippen LogP contribution in [-0.2, 0) is 9.53 Å². The Labute approximate surface area is 91.8 Å². The molecule has 15 heavy (non-hydrogen) atoms. The van der Waals surface area contributed by atoms with E-state index in [1.54, 1.807) is 0 Å². The summed E-state index contributed by atoms with van der Waals surface area (Å²) in [7, 11) is 1.45. The van der Waals surface area contributed by atoms with Gasteiger partial charge in [0.2, 0.25) is 0 Å². The first-order valence-electron chi connectivity index (χ1n) is 5.69. The molecule has 1 heterocycles. The van der Waals surface area contributed by atoms with Crippen LogP contribution in [0.3, 0.4) is 0 Å². The zero-order valence-corrected chi connectivity index (χ0v) is 9.88. The Balaban J connectivity index is 2.46.